The molecule has 0 fully saturated rings. The minimum atomic E-state index is 0. The summed E-state index contributed by atoms with van der Waals surface area (Å²) in [6, 6.07) is 0. The molecule has 9 heavy (non-hydrogen) atoms. The molecule has 0 aromatic carbocycles. The SMILES string of the molecule is O.O.O.O.O.O.O.[W].[W]. The van der Waals surface area contributed by atoms with E-state index in [1.54, 1.807) is 0 Å². The minimum Gasteiger partial charge on any atom is -0.412 e. The molecule has 7 nitrogen and oxygen atoms in total. The van der Waals surface area contributed by atoms with Gasteiger partial charge in [-0.3, -0.25) is 0 Å². The van der Waals surface area contributed by atoms with Crippen LogP contribution in [0.25, 0.3) is 0 Å². The number of hydrogen-bond donors (Lipinski definition) is 0. The van der Waals surface area contributed by atoms with E-state index in [9.17, 15) is 0 Å². The van der Waals surface area contributed by atoms with E-state index in [0.29, 0.717) is 0 Å². The molecule has 14 N–H and O–H groups in total. The predicted molar refractivity (Wildman–Crippen MR) is 25.3 cm³/mol. The second-order valence-corrected chi connectivity index (χ2v) is 0. The van der Waals surface area contributed by atoms with Crippen molar-refractivity contribution in [2.75, 3.05) is 0 Å². The van der Waals surface area contributed by atoms with Crippen LogP contribution in [-0.2, 0) is 42.1 Å². The molecule has 9 heteroatoms. The summed E-state index contributed by atoms with van der Waals surface area (Å²) in [5.74, 6) is 0. The Morgan fingerprint density at radius 1 is 0.222 bits per heavy atom. The Balaban J connectivity index is 0. The van der Waals surface area contributed by atoms with Crippen LogP contribution in [-0.4, -0.2) is 38.3 Å². The zero-order chi connectivity index (χ0) is 0. The van der Waals surface area contributed by atoms with Gasteiger partial charge in [-0.15, -0.1) is 0 Å². The second kappa shape index (κ2) is 496. The first-order chi connectivity index (χ1) is 0. The molecule has 0 saturated heterocycles. The first-order valence-electron chi connectivity index (χ1n) is 0. The summed E-state index contributed by atoms with van der Waals surface area (Å²) in [6.45, 7) is 0. The van der Waals surface area contributed by atoms with E-state index in [1.165, 1.54) is 0 Å². The van der Waals surface area contributed by atoms with Crippen LogP contribution < -0.4 is 0 Å². The van der Waals surface area contributed by atoms with Crippen molar-refractivity contribution in [2.45, 2.75) is 0 Å². The third kappa shape index (κ3) is 381. The van der Waals surface area contributed by atoms with Crippen LogP contribution in [0.3, 0.4) is 0 Å². The zero-order valence-electron chi connectivity index (χ0n) is 4.32. The van der Waals surface area contributed by atoms with Gasteiger partial charge < -0.3 is 38.3 Å². The Labute approximate surface area is 80.5 Å². The molecule has 0 spiro atoms. The van der Waals surface area contributed by atoms with Gasteiger partial charge in [0.05, 0.1) is 0 Å². The molecule has 0 saturated carbocycles. The van der Waals surface area contributed by atoms with Gasteiger partial charge in [0.15, 0.2) is 0 Å². The van der Waals surface area contributed by atoms with Crippen LogP contribution in [0.4, 0.5) is 0 Å². The average molecular weight is 494 g/mol. The quantitative estimate of drug-likeness (QED) is 0.308. The molecule has 68 valence electrons. The molecule has 0 heterocycles. The van der Waals surface area contributed by atoms with E-state index in [1.807, 2.05) is 0 Å². The molecule has 0 amide bonds. The monoisotopic (exact) mass is 494 g/mol. The largest absolute Gasteiger partial charge is 0.412 e. The van der Waals surface area contributed by atoms with Gasteiger partial charge in [-0.25, -0.2) is 0 Å². The molecule has 0 aromatic heterocycles. The summed E-state index contributed by atoms with van der Waals surface area (Å²) in [7, 11) is 0. The Bertz CT molecular complexity index is 6.88. The van der Waals surface area contributed by atoms with Crippen LogP contribution >= 0.6 is 0 Å². The van der Waals surface area contributed by atoms with Gasteiger partial charge in [-0.2, -0.15) is 0 Å². The van der Waals surface area contributed by atoms with Gasteiger partial charge >= 0.3 is 0 Å². The van der Waals surface area contributed by atoms with Gasteiger partial charge in [-0.05, 0) is 0 Å². The van der Waals surface area contributed by atoms with Crippen LogP contribution in [0.1, 0.15) is 0 Å². The molecular weight excluding hydrogens is 480 g/mol. The van der Waals surface area contributed by atoms with Crippen LogP contribution in [0.2, 0.25) is 0 Å². The van der Waals surface area contributed by atoms with Gasteiger partial charge in [0, 0.05) is 42.1 Å². The summed E-state index contributed by atoms with van der Waals surface area (Å²) in [5, 5.41) is 0. The van der Waals surface area contributed by atoms with Crippen LogP contribution in [0.5, 0.6) is 0 Å². The number of rotatable bonds is 0. The number of hydrogen-bond acceptors (Lipinski definition) is 0. The zero-order valence-corrected chi connectivity index (χ0v) is 10.2. The standard InChI is InChI=1S/7H2O.2W/h7*1H2;;. The summed E-state index contributed by atoms with van der Waals surface area (Å²) in [6.07, 6.45) is 0. The Morgan fingerprint density at radius 2 is 0.222 bits per heavy atom. The molecule has 0 unspecified atom stereocenters. The topological polar surface area (TPSA) is 220 Å². The van der Waals surface area contributed by atoms with E-state index in [0.717, 1.165) is 0 Å². The first kappa shape index (κ1) is 695. The second-order valence-electron chi connectivity index (χ2n) is 0. The minimum absolute atomic E-state index is 0. The molecule has 0 rings (SSSR count). The van der Waals surface area contributed by atoms with E-state index in [2.05, 4.69) is 0 Å². The molecule has 0 aliphatic carbocycles. The van der Waals surface area contributed by atoms with Crippen molar-refractivity contribution in [3.05, 3.63) is 0 Å². The summed E-state index contributed by atoms with van der Waals surface area (Å²) in [5.41, 5.74) is 0. The van der Waals surface area contributed by atoms with Crippen molar-refractivity contribution in [3.8, 4) is 0 Å². The fraction of sp³-hybridized carbons (Fsp3) is 0. The predicted octanol–water partition coefficient (Wildman–Crippen LogP) is -5.78. The van der Waals surface area contributed by atoms with E-state index in [4.69, 9.17) is 0 Å². The first-order valence-corrected chi connectivity index (χ1v) is 0. The van der Waals surface area contributed by atoms with E-state index in [-0.39, 0.29) is 80.5 Å². The van der Waals surface area contributed by atoms with Crippen molar-refractivity contribution in [1.82, 2.24) is 0 Å². The fourth-order valence-electron chi connectivity index (χ4n) is 0. The van der Waals surface area contributed by atoms with Crippen molar-refractivity contribution in [1.29, 1.82) is 0 Å². The normalized spacial score (nSPS) is 0. The van der Waals surface area contributed by atoms with E-state index < -0.39 is 0 Å². The van der Waals surface area contributed by atoms with Crippen LogP contribution in [0.15, 0.2) is 0 Å². The molecule has 0 aromatic rings. The molecular formula is H14O7W2. The van der Waals surface area contributed by atoms with Crippen molar-refractivity contribution >= 4 is 0 Å². The van der Waals surface area contributed by atoms with Crippen molar-refractivity contribution in [3.63, 3.8) is 0 Å². The molecule has 0 aliphatic rings. The van der Waals surface area contributed by atoms with Crippen LogP contribution in [0, 0.1) is 0 Å². The Hall–Kier alpha value is 1.10. The van der Waals surface area contributed by atoms with Crippen molar-refractivity contribution < 1.29 is 80.5 Å². The molecule has 0 radical (unpaired) electrons. The maximum atomic E-state index is 0. The average Bonchev–Trinajstić information content (AvgIpc) is 0. The third-order valence-corrected chi connectivity index (χ3v) is 0. The van der Waals surface area contributed by atoms with Crippen molar-refractivity contribution in [2.24, 2.45) is 0 Å². The van der Waals surface area contributed by atoms with Gasteiger partial charge in [-0.1, -0.05) is 0 Å². The summed E-state index contributed by atoms with van der Waals surface area (Å²) in [4.78, 5) is 0. The Kier molecular flexibility index (Phi) is 38300. The summed E-state index contributed by atoms with van der Waals surface area (Å²) >= 11 is 0. The smallest absolute Gasteiger partial charge is 0 e. The Morgan fingerprint density at radius 3 is 0.222 bits per heavy atom. The van der Waals surface area contributed by atoms with Gasteiger partial charge in [0.2, 0.25) is 0 Å². The molecule has 0 aliphatic heterocycles. The summed E-state index contributed by atoms with van der Waals surface area (Å²) < 4.78 is 0. The van der Waals surface area contributed by atoms with Gasteiger partial charge in [0.1, 0.15) is 0 Å². The maximum Gasteiger partial charge on any atom is 0 e. The van der Waals surface area contributed by atoms with Gasteiger partial charge in [0.25, 0.3) is 0 Å². The van der Waals surface area contributed by atoms with E-state index >= 15 is 0 Å². The maximum absolute atomic E-state index is 0. The molecule has 0 atom stereocenters. The fourth-order valence-corrected chi connectivity index (χ4v) is 0. The third-order valence-electron chi connectivity index (χ3n) is 0. The molecule has 0 bridgehead atoms.